The van der Waals surface area contributed by atoms with Crippen molar-refractivity contribution >= 4 is 39.1 Å². The summed E-state index contributed by atoms with van der Waals surface area (Å²) in [5, 5.41) is 5.25. The van der Waals surface area contributed by atoms with E-state index in [1.165, 1.54) is 18.2 Å². The summed E-state index contributed by atoms with van der Waals surface area (Å²) in [6, 6.07) is 11.2. The van der Waals surface area contributed by atoms with Gasteiger partial charge >= 0.3 is 6.36 Å². The second-order valence-corrected chi connectivity index (χ2v) is 7.52. The van der Waals surface area contributed by atoms with E-state index < -0.39 is 6.36 Å². The third kappa shape index (κ3) is 6.12. The number of hydrogen-bond acceptors (Lipinski definition) is 4. The number of amides is 2. The highest BCUT2D eigenvalue weighted by Gasteiger charge is 2.31. The van der Waals surface area contributed by atoms with Crippen LogP contribution in [0.25, 0.3) is 0 Å². The van der Waals surface area contributed by atoms with Crippen molar-refractivity contribution in [1.29, 1.82) is 0 Å². The summed E-state index contributed by atoms with van der Waals surface area (Å²) in [5.74, 6) is -1.01. The molecule has 2 N–H and O–H groups in total. The zero-order valence-corrected chi connectivity index (χ0v) is 17.3. The molecular weight excluding hydrogens is 467 g/mol. The lowest BCUT2D eigenvalue weighted by atomic mass is 10.0. The van der Waals surface area contributed by atoms with Gasteiger partial charge in [-0.3, -0.25) is 9.59 Å². The fourth-order valence-electron chi connectivity index (χ4n) is 3.18. The van der Waals surface area contributed by atoms with E-state index in [2.05, 4.69) is 31.3 Å². The molecule has 1 aliphatic heterocycles. The monoisotopic (exact) mass is 485 g/mol. The van der Waals surface area contributed by atoms with E-state index >= 15 is 0 Å². The largest absolute Gasteiger partial charge is 0.573 e. The van der Waals surface area contributed by atoms with E-state index in [4.69, 9.17) is 0 Å². The molecule has 160 valence electrons. The van der Waals surface area contributed by atoms with Crippen LogP contribution in [0.2, 0.25) is 0 Å². The highest BCUT2D eigenvalue weighted by Crippen LogP contribution is 2.32. The Morgan fingerprint density at radius 3 is 2.63 bits per heavy atom. The smallest absolute Gasteiger partial charge is 0.406 e. The summed E-state index contributed by atoms with van der Waals surface area (Å²) in [7, 11) is 0. The molecule has 10 heteroatoms. The summed E-state index contributed by atoms with van der Waals surface area (Å²) >= 11 is 3.33. The molecular formula is C20H19BrF3N3O3. The standard InChI is InChI=1S/C20H19BrF3N3O3/c21-15-5-1-2-6-16(15)26-18(28)11-25-19(29)12-27-9-3-4-13-10-14(7-8-17(13)27)30-20(22,23)24/h1-2,5-8,10H,3-4,9,11-12H2,(H,25,29)(H,26,28). The number of aryl methyl sites for hydroxylation is 1. The van der Waals surface area contributed by atoms with Crippen LogP contribution in [-0.2, 0) is 16.0 Å². The molecule has 2 aromatic rings. The molecule has 0 aliphatic carbocycles. The van der Waals surface area contributed by atoms with Gasteiger partial charge in [0.1, 0.15) is 5.75 Å². The van der Waals surface area contributed by atoms with Gasteiger partial charge in [-0.1, -0.05) is 12.1 Å². The molecule has 0 saturated carbocycles. The quantitative estimate of drug-likeness (QED) is 0.651. The highest BCUT2D eigenvalue weighted by atomic mass is 79.9. The predicted octanol–water partition coefficient (Wildman–Crippen LogP) is 3.86. The van der Waals surface area contributed by atoms with Crippen molar-refractivity contribution in [2.24, 2.45) is 0 Å². The lowest BCUT2D eigenvalue weighted by Gasteiger charge is -2.31. The van der Waals surface area contributed by atoms with E-state index in [0.717, 1.165) is 4.47 Å². The van der Waals surface area contributed by atoms with Crippen molar-refractivity contribution in [1.82, 2.24) is 5.32 Å². The molecule has 0 radical (unpaired) electrons. The SMILES string of the molecule is O=C(CN1CCCc2cc(OC(F)(F)F)ccc21)NCC(=O)Nc1ccccc1Br. The molecule has 0 unspecified atom stereocenters. The van der Waals surface area contributed by atoms with Gasteiger partial charge in [-0.2, -0.15) is 0 Å². The van der Waals surface area contributed by atoms with E-state index in [-0.39, 0.29) is 30.7 Å². The third-order valence-corrected chi connectivity index (χ3v) is 5.12. The number of para-hydroxylation sites is 1. The zero-order chi connectivity index (χ0) is 21.7. The molecule has 6 nitrogen and oxygen atoms in total. The molecule has 1 heterocycles. The minimum absolute atomic E-state index is 0.00517. The minimum atomic E-state index is -4.75. The Bertz CT molecular complexity index is 937. The summed E-state index contributed by atoms with van der Waals surface area (Å²) in [4.78, 5) is 26.1. The number of fused-ring (bicyclic) bond motifs is 1. The topological polar surface area (TPSA) is 70.7 Å². The number of halogens is 4. The van der Waals surface area contributed by atoms with Crippen LogP contribution in [0.15, 0.2) is 46.9 Å². The number of carbonyl (C=O) groups is 2. The summed E-state index contributed by atoms with van der Waals surface area (Å²) in [6.45, 7) is 0.386. The second kappa shape index (κ2) is 9.38. The summed E-state index contributed by atoms with van der Waals surface area (Å²) in [5.41, 5.74) is 1.96. The van der Waals surface area contributed by atoms with Crippen molar-refractivity contribution in [3.63, 3.8) is 0 Å². The number of nitrogens with zero attached hydrogens (tertiary/aromatic N) is 1. The van der Waals surface area contributed by atoms with Gasteiger partial charge in [0, 0.05) is 16.7 Å². The number of ether oxygens (including phenoxy) is 1. The Morgan fingerprint density at radius 2 is 1.90 bits per heavy atom. The number of carbonyl (C=O) groups excluding carboxylic acids is 2. The van der Waals surface area contributed by atoms with Crippen molar-refractivity contribution in [2.45, 2.75) is 19.2 Å². The van der Waals surface area contributed by atoms with Gasteiger partial charge in [0.2, 0.25) is 11.8 Å². The molecule has 2 amide bonds. The highest BCUT2D eigenvalue weighted by molar-refractivity contribution is 9.10. The average Bonchev–Trinajstić information content (AvgIpc) is 2.67. The van der Waals surface area contributed by atoms with Crippen molar-refractivity contribution in [3.8, 4) is 5.75 Å². The second-order valence-electron chi connectivity index (χ2n) is 6.67. The molecule has 0 spiro atoms. The number of nitrogens with one attached hydrogen (secondary N) is 2. The third-order valence-electron chi connectivity index (χ3n) is 4.43. The van der Waals surface area contributed by atoms with Crippen LogP contribution in [-0.4, -0.2) is 37.8 Å². The van der Waals surface area contributed by atoms with Crippen LogP contribution in [0.1, 0.15) is 12.0 Å². The summed E-state index contributed by atoms with van der Waals surface area (Å²) in [6.07, 6.45) is -3.46. The summed E-state index contributed by atoms with van der Waals surface area (Å²) < 4.78 is 41.9. The van der Waals surface area contributed by atoms with Gasteiger partial charge < -0.3 is 20.3 Å². The van der Waals surface area contributed by atoms with Gasteiger partial charge in [-0.15, -0.1) is 13.2 Å². The van der Waals surface area contributed by atoms with E-state index in [1.54, 1.807) is 23.1 Å². The van der Waals surface area contributed by atoms with Gasteiger partial charge in [-0.25, -0.2) is 0 Å². The Balaban J connectivity index is 1.55. The van der Waals surface area contributed by atoms with Crippen molar-refractivity contribution < 1.29 is 27.5 Å². The fourth-order valence-corrected chi connectivity index (χ4v) is 3.56. The average molecular weight is 486 g/mol. The molecule has 3 rings (SSSR count). The first-order valence-electron chi connectivity index (χ1n) is 9.16. The van der Waals surface area contributed by atoms with Gasteiger partial charge in [0.05, 0.1) is 18.8 Å². The number of anilines is 2. The van der Waals surface area contributed by atoms with Crippen LogP contribution in [0, 0.1) is 0 Å². The Kier molecular flexibility index (Phi) is 6.86. The number of benzene rings is 2. The molecule has 0 saturated heterocycles. The predicted molar refractivity (Wildman–Crippen MR) is 109 cm³/mol. The first-order valence-corrected chi connectivity index (χ1v) is 9.95. The zero-order valence-electron chi connectivity index (χ0n) is 15.8. The van der Waals surface area contributed by atoms with E-state index in [9.17, 15) is 22.8 Å². The minimum Gasteiger partial charge on any atom is -0.406 e. The molecule has 0 aromatic heterocycles. The van der Waals surface area contributed by atoms with Gasteiger partial charge in [0.25, 0.3) is 0 Å². The Hall–Kier alpha value is -2.75. The molecule has 2 aromatic carbocycles. The number of hydrogen-bond donors (Lipinski definition) is 2. The molecule has 1 aliphatic rings. The van der Waals surface area contributed by atoms with Crippen LogP contribution in [0.3, 0.4) is 0 Å². The lowest BCUT2D eigenvalue weighted by Crippen LogP contribution is -2.42. The van der Waals surface area contributed by atoms with Gasteiger partial charge in [-0.05, 0) is 64.7 Å². The van der Waals surface area contributed by atoms with Crippen molar-refractivity contribution in [2.75, 3.05) is 29.9 Å². The Labute approximate surface area is 179 Å². The number of rotatable bonds is 6. The van der Waals surface area contributed by atoms with Crippen LogP contribution >= 0.6 is 15.9 Å². The normalized spacial score (nSPS) is 13.4. The maximum atomic E-state index is 12.4. The maximum absolute atomic E-state index is 12.4. The first kappa shape index (κ1) is 21.9. The van der Waals surface area contributed by atoms with Crippen LogP contribution in [0.4, 0.5) is 24.5 Å². The fraction of sp³-hybridized carbons (Fsp3) is 0.300. The lowest BCUT2D eigenvalue weighted by molar-refractivity contribution is -0.274. The molecule has 0 fully saturated rings. The van der Waals surface area contributed by atoms with Gasteiger partial charge in [0.15, 0.2) is 0 Å². The van der Waals surface area contributed by atoms with Crippen molar-refractivity contribution in [3.05, 3.63) is 52.5 Å². The van der Waals surface area contributed by atoms with E-state index in [0.29, 0.717) is 36.3 Å². The van der Waals surface area contributed by atoms with Crippen LogP contribution in [0.5, 0.6) is 5.75 Å². The number of alkyl halides is 3. The Morgan fingerprint density at radius 1 is 1.13 bits per heavy atom. The van der Waals surface area contributed by atoms with Crippen LogP contribution < -0.4 is 20.3 Å². The molecule has 0 atom stereocenters. The molecule has 0 bridgehead atoms. The van der Waals surface area contributed by atoms with E-state index in [1.807, 2.05) is 6.07 Å². The molecule has 30 heavy (non-hydrogen) atoms. The maximum Gasteiger partial charge on any atom is 0.573 e. The first-order chi connectivity index (χ1) is 14.2.